The van der Waals surface area contributed by atoms with Crippen LogP contribution in [-0.4, -0.2) is 78.1 Å². The van der Waals surface area contributed by atoms with Crippen molar-refractivity contribution < 1.29 is 9.68 Å². The van der Waals surface area contributed by atoms with Crippen LogP contribution in [-0.2, 0) is 9.68 Å². The fourth-order valence-electron chi connectivity index (χ4n) is 11.8. The van der Waals surface area contributed by atoms with Crippen LogP contribution in [0.25, 0.3) is 0 Å². The highest BCUT2D eigenvalue weighted by Gasteiger charge is 2.50. The Kier molecular flexibility index (Phi) is 17.1. The van der Waals surface area contributed by atoms with Gasteiger partial charge in [-0.1, -0.05) is 78.1 Å². The zero-order chi connectivity index (χ0) is 42.1. The third-order valence-corrected chi connectivity index (χ3v) is 14.0. The molecule has 3 atom stereocenters. The Morgan fingerprint density at radius 2 is 0.983 bits per heavy atom. The third kappa shape index (κ3) is 12.7. The van der Waals surface area contributed by atoms with Crippen molar-refractivity contribution in [3.05, 3.63) is 5.82 Å². The lowest BCUT2D eigenvalue weighted by Gasteiger charge is -2.56. The molecule has 11 heteroatoms. The smallest absolute Gasteiger partial charge is 0.228 e. The molecule has 4 fully saturated rings. The van der Waals surface area contributed by atoms with Crippen LogP contribution in [0, 0.1) is 11.8 Å². The molecule has 1 aromatic rings. The van der Waals surface area contributed by atoms with E-state index in [9.17, 15) is 0 Å². The lowest BCUT2D eigenvalue weighted by Crippen LogP contribution is -2.63. The molecule has 0 aromatic carbocycles. The summed E-state index contributed by atoms with van der Waals surface area (Å²) in [6.45, 7) is 24.3. The molecule has 2 aliphatic heterocycles. The number of hydrogen-bond donors (Lipinski definition) is 4. The number of nitrogens with one attached hydrogen (secondary N) is 2. The predicted molar refractivity (Wildman–Crippen MR) is 240 cm³/mol. The van der Waals surface area contributed by atoms with Gasteiger partial charge in [0.2, 0.25) is 11.9 Å². The van der Waals surface area contributed by atoms with Gasteiger partial charge >= 0.3 is 0 Å². The van der Waals surface area contributed by atoms with E-state index in [4.69, 9.17) is 36.1 Å². The maximum atomic E-state index is 6.93. The fourth-order valence-corrected chi connectivity index (χ4v) is 11.8. The molecule has 334 valence electrons. The van der Waals surface area contributed by atoms with E-state index in [0.717, 1.165) is 77.0 Å². The van der Waals surface area contributed by atoms with Crippen LogP contribution in [0.4, 0.5) is 11.9 Å². The van der Waals surface area contributed by atoms with Crippen LogP contribution in [0.3, 0.4) is 0 Å². The molecule has 4 aliphatic rings. The van der Waals surface area contributed by atoms with Crippen molar-refractivity contribution in [2.24, 2.45) is 23.3 Å². The quantitative estimate of drug-likeness (QED) is 0.0936. The van der Waals surface area contributed by atoms with Crippen molar-refractivity contribution in [3.63, 3.8) is 0 Å². The molecule has 0 bridgehead atoms. The molecule has 1 aromatic heterocycles. The summed E-state index contributed by atoms with van der Waals surface area (Å²) in [6, 6.07) is 0.156. The minimum Gasteiger partial charge on any atom is -0.351 e. The summed E-state index contributed by atoms with van der Waals surface area (Å²) < 4.78 is 0. The van der Waals surface area contributed by atoms with Crippen molar-refractivity contribution in [3.8, 4) is 0 Å². The van der Waals surface area contributed by atoms with Crippen molar-refractivity contribution in [2.75, 3.05) is 17.2 Å². The SMILES string of the molecule is CCCC(Nc1nc(NC(CCC)C2CC(C)(C)N(OC3CCCCC3)C(C)(C)C2)nc(C(N)CCCCCN)n1)C1CC(C)(C)N(OC2CCCCC2)C(C)(C)C1. The summed E-state index contributed by atoms with van der Waals surface area (Å²) in [7, 11) is 0. The summed E-state index contributed by atoms with van der Waals surface area (Å²) >= 11 is 0. The average Bonchev–Trinajstić information content (AvgIpc) is 3.16. The van der Waals surface area contributed by atoms with Crippen LogP contribution in [0.5, 0.6) is 0 Å². The molecule has 0 radical (unpaired) electrons. The first-order valence-electron chi connectivity index (χ1n) is 24.2. The number of nitrogens with two attached hydrogens (primary N) is 2. The molecule has 0 spiro atoms. The van der Waals surface area contributed by atoms with Crippen LogP contribution in [0.2, 0.25) is 0 Å². The maximum absolute atomic E-state index is 6.93. The molecule has 11 nitrogen and oxygen atoms in total. The van der Waals surface area contributed by atoms with E-state index in [-0.39, 0.29) is 40.3 Å². The second-order valence-corrected chi connectivity index (χ2v) is 21.6. The molecule has 2 saturated heterocycles. The Hall–Kier alpha value is -1.63. The summed E-state index contributed by atoms with van der Waals surface area (Å²) in [4.78, 5) is 29.2. The molecule has 2 saturated carbocycles. The van der Waals surface area contributed by atoms with Crippen molar-refractivity contribution in [2.45, 2.75) is 263 Å². The number of nitrogens with zero attached hydrogens (tertiary/aromatic N) is 5. The van der Waals surface area contributed by atoms with E-state index in [0.29, 0.717) is 48.3 Å². The topological polar surface area (TPSA) is 140 Å². The maximum Gasteiger partial charge on any atom is 0.228 e. The monoisotopic (exact) mass is 812 g/mol. The van der Waals surface area contributed by atoms with Gasteiger partial charge in [0.1, 0.15) is 0 Å². The Balaban J connectivity index is 1.38. The van der Waals surface area contributed by atoms with Gasteiger partial charge in [0.05, 0.1) is 18.2 Å². The number of unbranched alkanes of at least 4 members (excludes halogenated alkanes) is 2. The second kappa shape index (κ2) is 21.0. The Labute approximate surface area is 355 Å². The van der Waals surface area contributed by atoms with Gasteiger partial charge in [0, 0.05) is 34.2 Å². The lowest BCUT2D eigenvalue weighted by atomic mass is 9.71. The second-order valence-electron chi connectivity index (χ2n) is 21.6. The Bertz CT molecular complexity index is 1250. The Morgan fingerprint density at radius 3 is 1.34 bits per heavy atom. The molecule has 58 heavy (non-hydrogen) atoms. The number of hydrogen-bond acceptors (Lipinski definition) is 11. The first kappa shape index (κ1) is 47.4. The largest absolute Gasteiger partial charge is 0.351 e. The van der Waals surface area contributed by atoms with Crippen molar-refractivity contribution in [1.29, 1.82) is 0 Å². The lowest BCUT2D eigenvalue weighted by molar-refractivity contribution is -0.314. The molecule has 0 amide bonds. The van der Waals surface area contributed by atoms with Gasteiger partial charge in [-0.2, -0.15) is 25.1 Å². The van der Waals surface area contributed by atoms with Crippen molar-refractivity contribution in [1.82, 2.24) is 25.1 Å². The van der Waals surface area contributed by atoms with E-state index in [1.807, 2.05) is 0 Å². The van der Waals surface area contributed by atoms with Crippen LogP contribution < -0.4 is 22.1 Å². The summed E-state index contributed by atoms with van der Waals surface area (Å²) in [5, 5.41) is 12.6. The van der Waals surface area contributed by atoms with E-state index in [1.54, 1.807) is 0 Å². The number of rotatable bonds is 20. The summed E-state index contributed by atoms with van der Waals surface area (Å²) in [5.41, 5.74) is 12.3. The number of piperidine rings is 2. The standard InChI is InChI=1S/C47H89N9O2/c1-11-22-39(34-30-44(3,4)55(45(5,6)31-34)57-36-24-16-13-17-25-36)50-42-52-41(38(49)28-20-15-21-29-48)53-43(54-42)51-40(23-12-2)35-32-46(7,8)56(47(9,10)33-35)58-37-26-18-14-19-27-37/h34-40H,11-33,48-49H2,1-10H3,(H2,50,51,52,53,54). The molecule has 2 aliphatic carbocycles. The molecular formula is C47H89N9O2. The van der Waals surface area contributed by atoms with Gasteiger partial charge in [-0.3, -0.25) is 9.68 Å². The molecule has 6 N–H and O–H groups in total. The van der Waals surface area contributed by atoms with Crippen LogP contribution >= 0.6 is 0 Å². The number of anilines is 2. The van der Waals surface area contributed by atoms with E-state index >= 15 is 0 Å². The zero-order valence-corrected chi connectivity index (χ0v) is 39.0. The van der Waals surface area contributed by atoms with Crippen molar-refractivity contribution >= 4 is 11.9 Å². The number of aromatic nitrogens is 3. The predicted octanol–water partition coefficient (Wildman–Crippen LogP) is 10.6. The Morgan fingerprint density at radius 1 is 0.586 bits per heavy atom. The van der Waals surface area contributed by atoms with Gasteiger partial charge in [0.25, 0.3) is 0 Å². The molecule has 5 rings (SSSR count). The first-order valence-corrected chi connectivity index (χ1v) is 24.2. The fraction of sp³-hybridized carbons (Fsp3) is 0.936. The average molecular weight is 812 g/mol. The zero-order valence-electron chi connectivity index (χ0n) is 39.0. The van der Waals surface area contributed by atoms with Gasteiger partial charge in [-0.05, 0) is 151 Å². The molecule has 3 heterocycles. The van der Waals surface area contributed by atoms with E-state index < -0.39 is 0 Å². The van der Waals surface area contributed by atoms with Gasteiger partial charge in [-0.25, -0.2) is 0 Å². The summed E-state index contributed by atoms with van der Waals surface area (Å²) in [5.74, 6) is 2.82. The minimum atomic E-state index is -0.271. The van der Waals surface area contributed by atoms with Crippen LogP contribution in [0.15, 0.2) is 0 Å². The highest BCUT2D eigenvalue weighted by atomic mass is 16.7. The molecule has 3 unspecified atom stereocenters. The first-order chi connectivity index (χ1) is 27.5. The third-order valence-electron chi connectivity index (χ3n) is 14.0. The summed E-state index contributed by atoms with van der Waals surface area (Å²) in [6.07, 6.45) is 25.4. The van der Waals surface area contributed by atoms with Crippen LogP contribution in [0.1, 0.15) is 222 Å². The highest BCUT2D eigenvalue weighted by molar-refractivity contribution is 5.37. The van der Waals surface area contributed by atoms with E-state index in [2.05, 4.69) is 90.0 Å². The normalized spacial score (nSPS) is 25.3. The molecular weight excluding hydrogens is 723 g/mol. The van der Waals surface area contributed by atoms with E-state index in [1.165, 1.54) is 64.2 Å². The number of hydroxylamine groups is 4. The van der Waals surface area contributed by atoms with Gasteiger partial charge < -0.3 is 22.1 Å². The highest BCUT2D eigenvalue weighted by Crippen LogP contribution is 2.47. The van der Waals surface area contributed by atoms with Gasteiger partial charge in [-0.15, -0.1) is 0 Å². The van der Waals surface area contributed by atoms with Gasteiger partial charge in [0.15, 0.2) is 5.82 Å². The minimum absolute atomic E-state index is 0.105.